The number of aryl methyl sites for hydroxylation is 1. The monoisotopic (exact) mass is 380 g/mol. The van der Waals surface area contributed by atoms with Crippen LogP contribution in [0.4, 0.5) is 0 Å². The fourth-order valence-electron chi connectivity index (χ4n) is 3.74. The minimum Gasteiger partial charge on any atom is -0.356 e. The molecule has 1 saturated heterocycles. The summed E-state index contributed by atoms with van der Waals surface area (Å²) in [5, 5.41) is 12.0. The first-order chi connectivity index (χ1) is 12.6. The van der Waals surface area contributed by atoms with Gasteiger partial charge in [0.05, 0.1) is 0 Å². The number of nitrogens with one attached hydrogen (secondary N) is 1. The Kier molecular flexibility index (Phi) is 8.75. The average molecular weight is 381 g/mol. The highest BCUT2D eigenvalue weighted by Crippen LogP contribution is 2.28. The van der Waals surface area contributed by atoms with Crippen LogP contribution in [0.25, 0.3) is 0 Å². The van der Waals surface area contributed by atoms with E-state index in [1.54, 1.807) is 0 Å². The quantitative estimate of drug-likeness (QED) is 0.405. The molecule has 6 nitrogen and oxygen atoms in total. The van der Waals surface area contributed by atoms with E-state index in [2.05, 4.69) is 40.5 Å². The number of aliphatic imine (C=N–C) groups is 1. The van der Waals surface area contributed by atoms with E-state index in [0.717, 1.165) is 55.5 Å². The minimum absolute atomic E-state index is 0.578. The zero-order valence-electron chi connectivity index (χ0n) is 17.2. The molecule has 26 heavy (non-hydrogen) atoms. The smallest absolute Gasteiger partial charge is 0.194 e. The van der Waals surface area contributed by atoms with Gasteiger partial charge in [-0.3, -0.25) is 0 Å². The third kappa shape index (κ3) is 5.63. The molecule has 0 spiro atoms. The molecule has 1 unspecified atom stereocenters. The summed E-state index contributed by atoms with van der Waals surface area (Å²) in [6.07, 6.45) is 7.15. The summed E-state index contributed by atoms with van der Waals surface area (Å²) in [5.41, 5.74) is 0. The second-order valence-corrected chi connectivity index (χ2v) is 8.19. The summed E-state index contributed by atoms with van der Waals surface area (Å²) in [4.78, 5) is 7.34. The summed E-state index contributed by atoms with van der Waals surface area (Å²) >= 11 is 1.90. The lowest BCUT2D eigenvalue weighted by Gasteiger charge is -2.24. The molecule has 1 N–H and O–H groups in total. The van der Waals surface area contributed by atoms with Crippen LogP contribution in [-0.2, 0) is 13.6 Å². The van der Waals surface area contributed by atoms with Gasteiger partial charge in [0.1, 0.15) is 12.4 Å². The number of guanidine groups is 1. The van der Waals surface area contributed by atoms with Crippen LogP contribution in [-0.4, -0.2) is 57.3 Å². The first kappa shape index (κ1) is 21.1. The molecule has 2 heterocycles. The molecule has 0 radical (unpaired) electrons. The Bertz CT molecular complexity index is 566. The van der Waals surface area contributed by atoms with Crippen LogP contribution in [0.15, 0.2) is 4.99 Å². The topological polar surface area (TPSA) is 58.3 Å². The standard InChI is InChI=1S/C19H36N6S/c1-6-16(7-2)17-9-11-25(14-17)19(20-10-8-12-26-5)21-13-18-23-22-15(3)24(18)4/h16-17H,6-14H2,1-5H3,(H,20,21). The van der Waals surface area contributed by atoms with Crippen molar-refractivity contribution in [2.75, 3.05) is 31.6 Å². The van der Waals surface area contributed by atoms with Crippen molar-refractivity contribution in [1.82, 2.24) is 25.0 Å². The third-order valence-electron chi connectivity index (χ3n) is 5.60. The van der Waals surface area contributed by atoms with E-state index in [1.807, 2.05) is 30.3 Å². The number of aromatic nitrogens is 3. The van der Waals surface area contributed by atoms with E-state index < -0.39 is 0 Å². The zero-order valence-corrected chi connectivity index (χ0v) is 18.0. The van der Waals surface area contributed by atoms with E-state index in [0.29, 0.717) is 6.54 Å². The molecular weight excluding hydrogens is 344 g/mol. The normalized spacial score (nSPS) is 18.2. The van der Waals surface area contributed by atoms with E-state index in [-0.39, 0.29) is 0 Å². The summed E-state index contributed by atoms with van der Waals surface area (Å²) in [6.45, 7) is 10.4. The van der Waals surface area contributed by atoms with Crippen molar-refractivity contribution < 1.29 is 0 Å². The van der Waals surface area contributed by atoms with E-state index >= 15 is 0 Å². The molecule has 1 aliphatic heterocycles. The Morgan fingerprint density at radius 3 is 2.73 bits per heavy atom. The Morgan fingerprint density at radius 1 is 1.35 bits per heavy atom. The van der Waals surface area contributed by atoms with Crippen LogP contribution < -0.4 is 5.32 Å². The minimum atomic E-state index is 0.578. The van der Waals surface area contributed by atoms with Gasteiger partial charge in [-0.25, -0.2) is 4.99 Å². The van der Waals surface area contributed by atoms with Crippen LogP contribution >= 0.6 is 11.8 Å². The second kappa shape index (κ2) is 10.8. The summed E-state index contributed by atoms with van der Waals surface area (Å²) in [5.74, 6) is 5.69. The molecule has 1 atom stereocenters. The number of hydrogen-bond acceptors (Lipinski definition) is 4. The summed E-state index contributed by atoms with van der Waals surface area (Å²) in [6, 6.07) is 0. The highest BCUT2D eigenvalue weighted by Gasteiger charge is 2.29. The maximum absolute atomic E-state index is 4.89. The lowest BCUT2D eigenvalue weighted by molar-refractivity contribution is 0.319. The first-order valence-electron chi connectivity index (χ1n) is 9.97. The lowest BCUT2D eigenvalue weighted by atomic mass is 9.87. The molecule has 7 heteroatoms. The molecule has 0 amide bonds. The number of thioether (sulfide) groups is 1. The van der Waals surface area contributed by atoms with Gasteiger partial charge in [-0.05, 0) is 43.6 Å². The van der Waals surface area contributed by atoms with Crippen LogP contribution in [0.3, 0.4) is 0 Å². The third-order valence-corrected chi connectivity index (χ3v) is 6.30. The van der Waals surface area contributed by atoms with Crippen molar-refractivity contribution in [1.29, 1.82) is 0 Å². The van der Waals surface area contributed by atoms with Crippen LogP contribution in [0, 0.1) is 18.8 Å². The van der Waals surface area contributed by atoms with Crippen LogP contribution in [0.5, 0.6) is 0 Å². The predicted molar refractivity (Wildman–Crippen MR) is 112 cm³/mol. The molecule has 1 fully saturated rings. The number of rotatable bonds is 9. The highest BCUT2D eigenvalue weighted by atomic mass is 32.2. The average Bonchev–Trinajstić information content (AvgIpc) is 3.24. The van der Waals surface area contributed by atoms with Gasteiger partial charge in [-0.1, -0.05) is 26.7 Å². The maximum atomic E-state index is 4.89. The van der Waals surface area contributed by atoms with Gasteiger partial charge in [0.25, 0.3) is 0 Å². The van der Waals surface area contributed by atoms with Crippen molar-refractivity contribution in [2.24, 2.45) is 23.9 Å². The Morgan fingerprint density at radius 2 is 2.12 bits per heavy atom. The summed E-state index contributed by atoms with van der Waals surface area (Å²) in [7, 11) is 2.00. The molecule has 148 valence electrons. The van der Waals surface area contributed by atoms with Gasteiger partial charge in [0, 0.05) is 26.7 Å². The van der Waals surface area contributed by atoms with Crippen LogP contribution in [0.2, 0.25) is 0 Å². The SMILES string of the molecule is CCC(CC)C1CCN(C(=NCc2nnc(C)n2C)NCCCSC)C1. The molecule has 2 rings (SSSR count). The van der Waals surface area contributed by atoms with Crippen molar-refractivity contribution >= 4 is 17.7 Å². The molecule has 1 aromatic rings. The lowest BCUT2D eigenvalue weighted by Crippen LogP contribution is -2.41. The van der Waals surface area contributed by atoms with Crippen molar-refractivity contribution in [2.45, 2.75) is 53.0 Å². The van der Waals surface area contributed by atoms with Gasteiger partial charge in [-0.2, -0.15) is 11.8 Å². The number of nitrogens with zero attached hydrogens (tertiary/aromatic N) is 5. The molecule has 1 aliphatic rings. The largest absolute Gasteiger partial charge is 0.356 e. The molecule has 0 aromatic carbocycles. The first-order valence-corrected chi connectivity index (χ1v) is 11.4. The van der Waals surface area contributed by atoms with Gasteiger partial charge in [0.2, 0.25) is 0 Å². The van der Waals surface area contributed by atoms with Crippen LogP contribution in [0.1, 0.15) is 51.2 Å². The Balaban J connectivity index is 2.03. The van der Waals surface area contributed by atoms with E-state index in [9.17, 15) is 0 Å². The molecule has 0 saturated carbocycles. The van der Waals surface area contributed by atoms with Gasteiger partial charge >= 0.3 is 0 Å². The van der Waals surface area contributed by atoms with Gasteiger partial charge < -0.3 is 14.8 Å². The van der Waals surface area contributed by atoms with Gasteiger partial charge in [-0.15, -0.1) is 10.2 Å². The molecule has 0 aliphatic carbocycles. The second-order valence-electron chi connectivity index (χ2n) is 7.21. The number of likely N-dealkylation sites (tertiary alicyclic amines) is 1. The van der Waals surface area contributed by atoms with Gasteiger partial charge in [0.15, 0.2) is 11.8 Å². The fourth-order valence-corrected chi connectivity index (χ4v) is 4.17. The maximum Gasteiger partial charge on any atom is 0.194 e. The Hall–Kier alpha value is -1.24. The number of hydrogen-bond donors (Lipinski definition) is 1. The molecule has 1 aromatic heterocycles. The summed E-state index contributed by atoms with van der Waals surface area (Å²) < 4.78 is 2.02. The highest BCUT2D eigenvalue weighted by molar-refractivity contribution is 7.98. The molecular formula is C19H36N6S. The Labute approximate surface area is 163 Å². The zero-order chi connectivity index (χ0) is 18.9. The van der Waals surface area contributed by atoms with E-state index in [4.69, 9.17) is 4.99 Å². The van der Waals surface area contributed by atoms with E-state index in [1.165, 1.54) is 25.0 Å². The fraction of sp³-hybridized carbons (Fsp3) is 0.842. The van der Waals surface area contributed by atoms with Crippen molar-refractivity contribution in [3.8, 4) is 0 Å². The predicted octanol–water partition coefficient (Wildman–Crippen LogP) is 3.08. The molecule has 0 bridgehead atoms. The van der Waals surface area contributed by atoms with Crippen molar-refractivity contribution in [3.05, 3.63) is 11.6 Å². The van der Waals surface area contributed by atoms with Crippen molar-refractivity contribution in [3.63, 3.8) is 0 Å².